The van der Waals surface area contributed by atoms with Crippen LogP contribution in [-0.2, 0) is 6.54 Å². The lowest BCUT2D eigenvalue weighted by Crippen LogP contribution is -2.28. The van der Waals surface area contributed by atoms with Gasteiger partial charge in [-0.3, -0.25) is 19.4 Å². The molecular formula is C31H28N8O3. The predicted molar refractivity (Wildman–Crippen MR) is 161 cm³/mol. The molecule has 0 unspecified atom stereocenters. The number of benzene rings is 3. The van der Waals surface area contributed by atoms with Crippen LogP contribution in [0.1, 0.15) is 41.1 Å². The van der Waals surface area contributed by atoms with Crippen molar-refractivity contribution in [2.75, 3.05) is 10.6 Å². The van der Waals surface area contributed by atoms with E-state index in [1.165, 1.54) is 0 Å². The van der Waals surface area contributed by atoms with Crippen molar-refractivity contribution in [3.8, 4) is 5.69 Å². The fourth-order valence-electron chi connectivity index (χ4n) is 4.98. The van der Waals surface area contributed by atoms with E-state index < -0.39 is 5.91 Å². The largest absolute Gasteiger partial charge is 0.380 e. The summed E-state index contributed by atoms with van der Waals surface area (Å²) in [6.45, 7) is 2.44. The quantitative estimate of drug-likeness (QED) is 0.123. The minimum absolute atomic E-state index is 0.203. The van der Waals surface area contributed by atoms with E-state index in [4.69, 9.17) is 10.2 Å². The minimum atomic E-state index is -0.580. The topological polar surface area (TPSA) is 150 Å². The van der Waals surface area contributed by atoms with Gasteiger partial charge in [0.05, 0.1) is 34.5 Å². The maximum atomic E-state index is 14.3. The third-order valence-corrected chi connectivity index (χ3v) is 7.11. The first-order valence-electron chi connectivity index (χ1n) is 13.5. The van der Waals surface area contributed by atoms with Crippen LogP contribution in [0, 0.1) is 0 Å². The average Bonchev–Trinajstić information content (AvgIpc) is 3.52. The number of carbonyl (C=O) groups excluding carboxylic acids is 1. The molecule has 0 aliphatic rings. The molecule has 0 aliphatic heterocycles. The summed E-state index contributed by atoms with van der Waals surface area (Å²) in [6.07, 6.45) is 3.97. The molecule has 3 aromatic heterocycles. The molecule has 3 heterocycles. The highest BCUT2D eigenvalue weighted by molar-refractivity contribution is 5.93. The molecule has 5 N–H and O–H groups in total. The number of aromatic nitrogens is 5. The van der Waals surface area contributed by atoms with Gasteiger partial charge in [0.15, 0.2) is 5.82 Å². The summed E-state index contributed by atoms with van der Waals surface area (Å²) in [7, 11) is 0. The van der Waals surface area contributed by atoms with E-state index in [0.29, 0.717) is 58.0 Å². The van der Waals surface area contributed by atoms with Crippen molar-refractivity contribution in [1.82, 2.24) is 30.0 Å². The molecule has 0 saturated heterocycles. The number of rotatable bonds is 9. The van der Waals surface area contributed by atoms with Gasteiger partial charge in [-0.05, 0) is 54.4 Å². The first kappa shape index (κ1) is 26.7. The highest BCUT2D eigenvalue weighted by Crippen LogP contribution is 2.28. The summed E-state index contributed by atoms with van der Waals surface area (Å²) in [5.41, 5.74) is 6.13. The fourth-order valence-corrected chi connectivity index (χ4v) is 4.98. The lowest BCUT2D eigenvalue weighted by atomic mass is 10.1. The number of hydrogen-bond donors (Lipinski definition) is 5. The third kappa shape index (κ3) is 5.04. The van der Waals surface area contributed by atoms with Crippen LogP contribution in [0.2, 0.25) is 0 Å². The predicted octanol–water partition coefficient (Wildman–Crippen LogP) is 4.95. The van der Waals surface area contributed by atoms with E-state index in [1.807, 2.05) is 61.5 Å². The van der Waals surface area contributed by atoms with Gasteiger partial charge in [-0.2, -0.15) is 0 Å². The molecule has 11 heteroatoms. The number of anilines is 2. The van der Waals surface area contributed by atoms with Gasteiger partial charge in [-0.1, -0.05) is 43.3 Å². The van der Waals surface area contributed by atoms with Crippen LogP contribution in [0.5, 0.6) is 0 Å². The number of imidazole rings is 1. The van der Waals surface area contributed by atoms with E-state index >= 15 is 0 Å². The molecule has 0 saturated carbocycles. The van der Waals surface area contributed by atoms with Crippen LogP contribution < -0.4 is 21.7 Å². The Morgan fingerprint density at radius 1 is 1.00 bits per heavy atom. The standard InChI is InChI=1S/C31H28N8O3/c1-2-22(36-28-27-25(15-16-32-28)34-18-35-27)29-37-24-10-6-9-23(26(24)31(41)39(29)21-7-4-3-5-8-21)33-17-19-11-13-20(14-12-19)30(40)38-42/h3-16,18,22,33,42H,2,17H2,1H3,(H,32,36)(H,34,35)(H,38,40)/t22-/m0/s1. The molecule has 42 heavy (non-hydrogen) atoms. The second-order valence-corrected chi connectivity index (χ2v) is 9.70. The molecule has 0 aliphatic carbocycles. The summed E-state index contributed by atoms with van der Waals surface area (Å²) >= 11 is 0. The molecule has 1 amide bonds. The van der Waals surface area contributed by atoms with Crippen molar-refractivity contribution in [2.24, 2.45) is 0 Å². The molecule has 1 atom stereocenters. The summed E-state index contributed by atoms with van der Waals surface area (Å²) < 4.78 is 1.65. The number of hydroxylamine groups is 1. The van der Waals surface area contributed by atoms with Gasteiger partial charge in [0.25, 0.3) is 11.5 Å². The maximum absolute atomic E-state index is 14.3. The Morgan fingerprint density at radius 2 is 1.81 bits per heavy atom. The van der Waals surface area contributed by atoms with E-state index in [-0.39, 0.29) is 11.6 Å². The first-order valence-corrected chi connectivity index (χ1v) is 13.5. The number of amides is 1. The number of pyridine rings is 1. The highest BCUT2D eigenvalue weighted by Gasteiger charge is 2.23. The van der Waals surface area contributed by atoms with Crippen LogP contribution in [0.3, 0.4) is 0 Å². The van der Waals surface area contributed by atoms with Crippen LogP contribution in [0.15, 0.2) is 96.2 Å². The number of hydrogen-bond acceptors (Lipinski definition) is 8. The lowest BCUT2D eigenvalue weighted by Gasteiger charge is -2.23. The van der Waals surface area contributed by atoms with E-state index in [2.05, 4.69) is 25.6 Å². The Hall–Kier alpha value is -5.55. The molecule has 210 valence electrons. The SMILES string of the molecule is CC[C@H](Nc1nccc2[nH]cnc12)c1nc2cccc(NCc3ccc(C(=O)NO)cc3)c2c(=O)n1-c1ccccc1. The first-order chi connectivity index (χ1) is 20.6. The van der Waals surface area contributed by atoms with Gasteiger partial charge in [0, 0.05) is 24.0 Å². The van der Waals surface area contributed by atoms with E-state index in [9.17, 15) is 9.59 Å². The van der Waals surface area contributed by atoms with Crippen molar-refractivity contribution < 1.29 is 10.0 Å². The number of aromatic amines is 1. The van der Waals surface area contributed by atoms with Crippen molar-refractivity contribution in [3.05, 3.63) is 119 Å². The van der Waals surface area contributed by atoms with Gasteiger partial charge in [-0.25, -0.2) is 20.4 Å². The Morgan fingerprint density at radius 3 is 2.57 bits per heavy atom. The van der Waals surface area contributed by atoms with Gasteiger partial charge in [-0.15, -0.1) is 0 Å². The summed E-state index contributed by atoms with van der Waals surface area (Å²) in [5.74, 6) is 0.585. The summed E-state index contributed by atoms with van der Waals surface area (Å²) in [6, 6.07) is 23.3. The fraction of sp³-hybridized carbons (Fsp3) is 0.129. The van der Waals surface area contributed by atoms with E-state index in [0.717, 1.165) is 11.1 Å². The van der Waals surface area contributed by atoms with Crippen LogP contribution >= 0.6 is 0 Å². The summed E-state index contributed by atoms with van der Waals surface area (Å²) in [5, 5.41) is 16.2. The number of para-hydroxylation sites is 1. The third-order valence-electron chi connectivity index (χ3n) is 7.11. The Balaban J connectivity index is 1.42. The average molecular weight is 561 g/mol. The molecular weight excluding hydrogens is 532 g/mol. The molecule has 11 nitrogen and oxygen atoms in total. The number of fused-ring (bicyclic) bond motifs is 2. The molecule has 0 fully saturated rings. The number of nitrogens with zero attached hydrogens (tertiary/aromatic N) is 4. The molecule has 0 radical (unpaired) electrons. The Kier molecular flexibility index (Phi) is 7.31. The highest BCUT2D eigenvalue weighted by atomic mass is 16.5. The normalized spacial score (nSPS) is 11.9. The zero-order valence-corrected chi connectivity index (χ0v) is 22.7. The zero-order chi connectivity index (χ0) is 29.1. The van der Waals surface area contributed by atoms with E-state index in [1.54, 1.807) is 46.8 Å². The number of carbonyl (C=O) groups is 1. The molecule has 3 aromatic carbocycles. The van der Waals surface area contributed by atoms with Crippen LogP contribution in [0.25, 0.3) is 27.6 Å². The van der Waals surface area contributed by atoms with Crippen molar-refractivity contribution in [2.45, 2.75) is 25.9 Å². The maximum Gasteiger partial charge on any atom is 0.274 e. The number of H-pyrrole nitrogens is 1. The van der Waals surface area contributed by atoms with Crippen molar-refractivity contribution in [3.63, 3.8) is 0 Å². The van der Waals surface area contributed by atoms with Gasteiger partial charge in [0.1, 0.15) is 11.3 Å². The second-order valence-electron chi connectivity index (χ2n) is 9.70. The van der Waals surface area contributed by atoms with Gasteiger partial charge < -0.3 is 15.6 Å². The van der Waals surface area contributed by atoms with Gasteiger partial charge >= 0.3 is 0 Å². The smallest absolute Gasteiger partial charge is 0.274 e. The van der Waals surface area contributed by atoms with Crippen molar-refractivity contribution >= 4 is 39.3 Å². The molecule has 0 spiro atoms. The molecule has 6 aromatic rings. The Bertz CT molecular complexity index is 1930. The number of nitrogens with one attached hydrogen (secondary N) is 4. The minimum Gasteiger partial charge on any atom is -0.380 e. The molecule has 0 bridgehead atoms. The monoisotopic (exact) mass is 560 g/mol. The Labute approximate surface area is 240 Å². The molecule has 6 rings (SSSR count). The van der Waals surface area contributed by atoms with Crippen LogP contribution in [-0.4, -0.2) is 35.6 Å². The summed E-state index contributed by atoms with van der Waals surface area (Å²) in [4.78, 5) is 43.1. The lowest BCUT2D eigenvalue weighted by molar-refractivity contribution is 0.0706. The van der Waals surface area contributed by atoms with Gasteiger partial charge in [0.2, 0.25) is 0 Å². The van der Waals surface area contributed by atoms with Crippen LogP contribution in [0.4, 0.5) is 11.5 Å². The second kappa shape index (κ2) is 11.5. The zero-order valence-electron chi connectivity index (χ0n) is 22.7. The van der Waals surface area contributed by atoms with Crippen molar-refractivity contribution in [1.29, 1.82) is 0 Å².